The number of ether oxygens (including phenoxy) is 1. The Morgan fingerprint density at radius 1 is 1.12 bits per heavy atom. The van der Waals surface area contributed by atoms with Crippen molar-refractivity contribution in [1.82, 2.24) is 9.13 Å². The molecule has 3 heterocycles. The van der Waals surface area contributed by atoms with E-state index < -0.39 is 23.8 Å². The molecule has 0 radical (unpaired) electrons. The van der Waals surface area contributed by atoms with Gasteiger partial charge in [0.25, 0.3) is 5.56 Å². The Morgan fingerprint density at radius 2 is 1.85 bits per heavy atom. The van der Waals surface area contributed by atoms with Crippen molar-refractivity contribution in [3.8, 4) is 5.69 Å². The lowest BCUT2D eigenvalue weighted by molar-refractivity contribution is -0.139. The molecule has 1 atom stereocenters. The number of carbonyl (C=O) groups is 1. The second-order valence-electron chi connectivity index (χ2n) is 9.53. The summed E-state index contributed by atoms with van der Waals surface area (Å²) in [7, 11) is 0. The van der Waals surface area contributed by atoms with Gasteiger partial charge in [0.2, 0.25) is 0 Å². The van der Waals surface area contributed by atoms with Crippen LogP contribution in [0.15, 0.2) is 75.7 Å². The molecule has 4 aromatic rings. The Labute approximate surface area is 242 Å². The highest BCUT2D eigenvalue weighted by Crippen LogP contribution is 2.35. The number of nitrogens with zero attached hydrogens (tertiary/aromatic N) is 3. The number of alkyl halides is 3. The standard InChI is InChI=1S/C30H25ClF3N3O3S/c1-5-40-28(39)25-17(3)35-29-37(26(25)22-11-6-7-12-23(22)31)27(38)24(41-29)14-19-13-16(2)36(18(19)4)21-10-8-9-20(15-21)30(32,33)34/h6-15,26H,5H2,1-4H3/b24-14+/t26-/m1/s1. The number of benzene rings is 2. The van der Waals surface area contributed by atoms with Gasteiger partial charge in [-0.2, -0.15) is 13.2 Å². The summed E-state index contributed by atoms with van der Waals surface area (Å²) in [6.45, 7) is 7.11. The minimum atomic E-state index is -4.47. The smallest absolute Gasteiger partial charge is 0.416 e. The fraction of sp³-hybridized carbons (Fsp3) is 0.233. The summed E-state index contributed by atoms with van der Waals surface area (Å²) in [5, 5.41) is 0.383. The summed E-state index contributed by atoms with van der Waals surface area (Å²) in [6.07, 6.45) is -2.77. The largest absolute Gasteiger partial charge is 0.463 e. The minimum absolute atomic E-state index is 0.150. The van der Waals surface area contributed by atoms with Gasteiger partial charge in [-0.3, -0.25) is 9.36 Å². The SMILES string of the molecule is CCOC(=O)C1=C(C)N=c2s/c(=C/c3cc(C)n(-c4cccc(C(F)(F)F)c4)c3C)c(=O)n2[C@@H]1c1ccccc1Cl. The maximum Gasteiger partial charge on any atom is 0.416 e. The van der Waals surface area contributed by atoms with Crippen molar-refractivity contribution in [3.05, 3.63) is 119 Å². The van der Waals surface area contributed by atoms with Crippen molar-refractivity contribution in [3.63, 3.8) is 0 Å². The molecule has 41 heavy (non-hydrogen) atoms. The van der Waals surface area contributed by atoms with Gasteiger partial charge in [-0.05, 0) is 75.2 Å². The van der Waals surface area contributed by atoms with E-state index in [9.17, 15) is 22.8 Å². The third kappa shape index (κ3) is 5.17. The highest BCUT2D eigenvalue weighted by atomic mass is 35.5. The molecule has 0 saturated heterocycles. The molecule has 212 valence electrons. The first-order chi connectivity index (χ1) is 19.4. The van der Waals surface area contributed by atoms with Gasteiger partial charge in [-0.15, -0.1) is 0 Å². The molecule has 2 aromatic heterocycles. The molecule has 1 aliphatic rings. The summed E-state index contributed by atoms with van der Waals surface area (Å²) in [6, 6.07) is 13.0. The predicted molar refractivity (Wildman–Crippen MR) is 152 cm³/mol. The maximum atomic E-state index is 13.9. The maximum absolute atomic E-state index is 13.9. The molecule has 0 amide bonds. The zero-order valence-electron chi connectivity index (χ0n) is 22.5. The van der Waals surface area contributed by atoms with Crippen LogP contribution in [0.1, 0.15) is 48.0 Å². The molecule has 11 heteroatoms. The van der Waals surface area contributed by atoms with Gasteiger partial charge in [0.05, 0.1) is 28.0 Å². The lowest BCUT2D eigenvalue weighted by atomic mass is 9.96. The van der Waals surface area contributed by atoms with Crippen molar-refractivity contribution in [2.45, 2.75) is 39.9 Å². The lowest BCUT2D eigenvalue weighted by Crippen LogP contribution is -2.40. The topological polar surface area (TPSA) is 65.6 Å². The molecule has 0 N–H and O–H groups in total. The van der Waals surface area contributed by atoms with Gasteiger partial charge in [0.1, 0.15) is 6.04 Å². The molecule has 2 aromatic carbocycles. The Kier molecular flexibility index (Phi) is 7.56. The van der Waals surface area contributed by atoms with Crippen LogP contribution < -0.4 is 14.9 Å². The van der Waals surface area contributed by atoms with Crippen LogP contribution in [-0.2, 0) is 15.7 Å². The van der Waals surface area contributed by atoms with E-state index in [1.807, 2.05) is 6.07 Å². The second kappa shape index (κ2) is 10.8. The van der Waals surface area contributed by atoms with Crippen molar-refractivity contribution in [1.29, 1.82) is 0 Å². The fourth-order valence-corrected chi connectivity index (χ4v) is 6.35. The highest BCUT2D eigenvalue weighted by molar-refractivity contribution is 7.07. The van der Waals surface area contributed by atoms with Crippen LogP contribution in [0, 0.1) is 13.8 Å². The first-order valence-corrected chi connectivity index (χ1v) is 13.9. The number of aryl methyl sites for hydroxylation is 1. The Balaban J connectivity index is 1.68. The summed E-state index contributed by atoms with van der Waals surface area (Å²) in [5.41, 5.74) is 2.48. The third-order valence-corrected chi connectivity index (χ3v) is 8.23. The number of allylic oxidation sites excluding steroid dienone is 1. The zero-order valence-corrected chi connectivity index (χ0v) is 24.1. The highest BCUT2D eigenvalue weighted by Gasteiger charge is 2.34. The predicted octanol–water partition coefficient (Wildman–Crippen LogP) is 5.88. The summed E-state index contributed by atoms with van der Waals surface area (Å²) >= 11 is 7.71. The van der Waals surface area contributed by atoms with Gasteiger partial charge in [-0.1, -0.05) is 47.2 Å². The molecule has 0 unspecified atom stereocenters. The van der Waals surface area contributed by atoms with Crippen LogP contribution in [0.2, 0.25) is 5.02 Å². The molecule has 0 saturated carbocycles. The van der Waals surface area contributed by atoms with Crippen LogP contribution in [0.4, 0.5) is 13.2 Å². The van der Waals surface area contributed by atoms with E-state index in [0.29, 0.717) is 48.3 Å². The van der Waals surface area contributed by atoms with E-state index in [-0.39, 0.29) is 17.7 Å². The number of hydrogen-bond donors (Lipinski definition) is 0. The number of rotatable bonds is 5. The number of carbonyl (C=O) groups excluding carboxylic acids is 1. The minimum Gasteiger partial charge on any atom is -0.463 e. The Morgan fingerprint density at radius 3 is 2.54 bits per heavy atom. The van der Waals surface area contributed by atoms with Gasteiger partial charge in [-0.25, -0.2) is 9.79 Å². The number of halogens is 4. The van der Waals surface area contributed by atoms with Gasteiger partial charge in [0, 0.05) is 22.1 Å². The van der Waals surface area contributed by atoms with E-state index in [4.69, 9.17) is 16.3 Å². The van der Waals surface area contributed by atoms with E-state index in [2.05, 4.69) is 4.99 Å². The average molecular weight is 600 g/mol. The van der Waals surface area contributed by atoms with E-state index in [1.165, 1.54) is 10.6 Å². The van der Waals surface area contributed by atoms with E-state index >= 15 is 0 Å². The number of thiazole rings is 1. The summed E-state index contributed by atoms with van der Waals surface area (Å²) < 4.78 is 48.9. The Bertz CT molecular complexity index is 1900. The first-order valence-electron chi connectivity index (χ1n) is 12.7. The van der Waals surface area contributed by atoms with Crippen LogP contribution in [0.3, 0.4) is 0 Å². The van der Waals surface area contributed by atoms with Crippen molar-refractivity contribution in [2.75, 3.05) is 6.61 Å². The molecule has 5 rings (SSSR count). The lowest BCUT2D eigenvalue weighted by Gasteiger charge is -2.25. The zero-order chi connectivity index (χ0) is 29.6. The number of aromatic nitrogens is 2. The van der Waals surface area contributed by atoms with Gasteiger partial charge >= 0.3 is 12.1 Å². The second-order valence-corrected chi connectivity index (χ2v) is 11.0. The van der Waals surface area contributed by atoms with Crippen LogP contribution in [-0.4, -0.2) is 21.7 Å². The summed E-state index contributed by atoms with van der Waals surface area (Å²) in [4.78, 5) is 31.9. The molecule has 0 bridgehead atoms. The summed E-state index contributed by atoms with van der Waals surface area (Å²) in [5.74, 6) is -0.586. The Hall–Kier alpha value is -3.89. The van der Waals surface area contributed by atoms with Crippen LogP contribution >= 0.6 is 22.9 Å². The van der Waals surface area contributed by atoms with E-state index in [0.717, 1.165) is 23.5 Å². The van der Waals surface area contributed by atoms with Crippen LogP contribution in [0.25, 0.3) is 11.8 Å². The molecule has 6 nitrogen and oxygen atoms in total. The number of esters is 1. The van der Waals surface area contributed by atoms with Gasteiger partial charge in [0.15, 0.2) is 4.80 Å². The number of fused-ring (bicyclic) bond motifs is 1. The normalized spacial score (nSPS) is 15.6. The average Bonchev–Trinajstić information content (AvgIpc) is 3.37. The number of hydrogen-bond acceptors (Lipinski definition) is 5. The molecule has 0 fully saturated rings. The quantitative estimate of drug-likeness (QED) is 0.269. The fourth-order valence-electron chi connectivity index (χ4n) is 5.08. The van der Waals surface area contributed by atoms with Crippen molar-refractivity contribution in [2.24, 2.45) is 4.99 Å². The molecule has 0 spiro atoms. The molecular weight excluding hydrogens is 575 g/mol. The monoisotopic (exact) mass is 599 g/mol. The van der Waals surface area contributed by atoms with Crippen molar-refractivity contribution < 1.29 is 22.7 Å². The molecular formula is C30H25ClF3N3O3S. The molecule has 1 aliphatic heterocycles. The third-order valence-electron chi connectivity index (χ3n) is 6.91. The first kappa shape index (κ1) is 28.6. The van der Waals surface area contributed by atoms with E-state index in [1.54, 1.807) is 68.7 Å². The van der Waals surface area contributed by atoms with Crippen LogP contribution in [0.5, 0.6) is 0 Å². The molecule has 0 aliphatic carbocycles. The van der Waals surface area contributed by atoms with Gasteiger partial charge < -0.3 is 9.30 Å². The van der Waals surface area contributed by atoms with Crippen molar-refractivity contribution >= 4 is 35.0 Å².